The zero-order chi connectivity index (χ0) is 15.4. The Hall–Kier alpha value is -1.59. The van der Waals surface area contributed by atoms with E-state index in [2.05, 4.69) is 39.1 Å². The molecule has 1 heterocycles. The lowest BCUT2D eigenvalue weighted by atomic mass is 9.86. The van der Waals surface area contributed by atoms with Gasteiger partial charge in [-0.2, -0.15) is 15.0 Å². The van der Waals surface area contributed by atoms with Gasteiger partial charge in [0.2, 0.25) is 11.9 Å². The molecule has 0 aromatic carbocycles. The Bertz CT molecular complexity index is 465. The molecule has 2 atom stereocenters. The van der Waals surface area contributed by atoms with Crippen LogP contribution < -0.4 is 15.0 Å². The number of hydrogen-bond acceptors (Lipinski definition) is 6. The van der Waals surface area contributed by atoms with Crippen molar-refractivity contribution in [1.82, 2.24) is 15.0 Å². The molecular formula is C15H27N5O. The molecule has 1 aliphatic carbocycles. The highest BCUT2D eigenvalue weighted by Gasteiger charge is 2.25. The summed E-state index contributed by atoms with van der Waals surface area (Å²) in [5.74, 6) is 2.00. The number of anilines is 2. The molecular weight excluding hydrogens is 266 g/mol. The van der Waals surface area contributed by atoms with Gasteiger partial charge >= 0.3 is 6.01 Å². The first kappa shape index (κ1) is 15.8. The second kappa shape index (κ2) is 6.91. The van der Waals surface area contributed by atoms with Crippen molar-refractivity contribution < 1.29 is 4.74 Å². The predicted molar refractivity (Wildman–Crippen MR) is 85.0 cm³/mol. The van der Waals surface area contributed by atoms with E-state index in [-0.39, 0.29) is 6.10 Å². The molecule has 1 aliphatic rings. The number of ether oxygens (including phenoxy) is 1. The fourth-order valence-electron chi connectivity index (χ4n) is 2.80. The van der Waals surface area contributed by atoms with Crippen LogP contribution in [0.5, 0.6) is 6.01 Å². The van der Waals surface area contributed by atoms with Crippen molar-refractivity contribution >= 4 is 11.9 Å². The second-order valence-corrected chi connectivity index (χ2v) is 6.19. The molecule has 2 unspecified atom stereocenters. The molecule has 0 bridgehead atoms. The van der Waals surface area contributed by atoms with Crippen molar-refractivity contribution in [2.24, 2.45) is 5.92 Å². The van der Waals surface area contributed by atoms with Crippen molar-refractivity contribution in [3.63, 3.8) is 0 Å². The third-order valence-corrected chi connectivity index (χ3v) is 3.94. The minimum atomic E-state index is 0.0463. The molecule has 118 valence electrons. The first-order valence-electron chi connectivity index (χ1n) is 7.83. The lowest BCUT2D eigenvalue weighted by Crippen LogP contribution is -2.36. The van der Waals surface area contributed by atoms with Gasteiger partial charge in [-0.05, 0) is 32.6 Å². The van der Waals surface area contributed by atoms with Crippen LogP contribution in [-0.2, 0) is 0 Å². The maximum atomic E-state index is 5.63. The highest BCUT2D eigenvalue weighted by molar-refractivity contribution is 5.38. The summed E-state index contributed by atoms with van der Waals surface area (Å²) in [6.07, 6.45) is 5.03. The summed E-state index contributed by atoms with van der Waals surface area (Å²) in [5, 5.41) is 2.98. The zero-order valence-corrected chi connectivity index (χ0v) is 13.8. The Kier molecular flexibility index (Phi) is 5.20. The van der Waals surface area contributed by atoms with Gasteiger partial charge in [-0.25, -0.2) is 0 Å². The highest BCUT2D eigenvalue weighted by Crippen LogP contribution is 2.29. The maximum Gasteiger partial charge on any atom is 0.323 e. The zero-order valence-electron chi connectivity index (χ0n) is 13.8. The monoisotopic (exact) mass is 293 g/mol. The Balaban J connectivity index is 2.20. The van der Waals surface area contributed by atoms with Gasteiger partial charge < -0.3 is 15.0 Å². The predicted octanol–water partition coefficient (Wildman–Crippen LogP) is 2.72. The first-order chi connectivity index (χ1) is 9.99. The second-order valence-electron chi connectivity index (χ2n) is 6.19. The number of hydrogen-bond donors (Lipinski definition) is 1. The van der Waals surface area contributed by atoms with Crippen LogP contribution in [0.2, 0.25) is 0 Å². The quantitative estimate of drug-likeness (QED) is 0.900. The van der Waals surface area contributed by atoms with Gasteiger partial charge in [0.25, 0.3) is 0 Å². The van der Waals surface area contributed by atoms with Gasteiger partial charge in [0.1, 0.15) is 0 Å². The van der Waals surface area contributed by atoms with Crippen LogP contribution >= 0.6 is 0 Å². The van der Waals surface area contributed by atoms with Gasteiger partial charge in [-0.1, -0.05) is 19.8 Å². The molecule has 1 aromatic rings. The molecule has 0 amide bonds. The summed E-state index contributed by atoms with van der Waals surface area (Å²) >= 11 is 0. The van der Waals surface area contributed by atoms with Crippen molar-refractivity contribution in [1.29, 1.82) is 0 Å². The largest absolute Gasteiger partial charge is 0.461 e. The molecule has 6 heteroatoms. The lowest BCUT2D eigenvalue weighted by Gasteiger charge is -2.34. The fraction of sp³-hybridized carbons (Fsp3) is 0.800. The van der Waals surface area contributed by atoms with Crippen LogP contribution in [0.25, 0.3) is 0 Å². The smallest absolute Gasteiger partial charge is 0.323 e. The molecule has 6 nitrogen and oxygen atoms in total. The third-order valence-electron chi connectivity index (χ3n) is 3.94. The van der Waals surface area contributed by atoms with Crippen LogP contribution in [0.1, 0.15) is 46.5 Å². The minimum Gasteiger partial charge on any atom is -0.461 e. The summed E-state index contributed by atoms with van der Waals surface area (Å²) < 4.78 is 5.63. The number of nitrogens with zero attached hydrogens (tertiary/aromatic N) is 4. The van der Waals surface area contributed by atoms with Crippen molar-refractivity contribution in [2.75, 3.05) is 24.3 Å². The van der Waals surface area contributed by atoms with Crippen molar-refractivity contribution in [3.05, 3.63) is 0 Å². The summed E-state index contributed by atoms with van der Waals surface area (Å²) in [5.41, 5.74) is 0. The Morgan fingerprint density at radius 3 is 2.62 bits per heavy atom. The van der Waals surface area contributed by atoms with Gasteiger partial charge in [0.15, 0.2) is 0 Å². The van der Waals surface area contributed by atoms with Crippen LogP contribution in [0.15, 0.2) is 0 Å². The van der Waals surface area contributed by atoms with E-state index in [1.54, 1.807) is 7.05 Å². The van der Waals surface area contributed by atoms with Crippen molar-refractivity contribution in [3.8, 4) is 6.01 Å². The number of aromatic nitrogens is 3. The van der Waals surface area contributed by atoms with E-state index in [0.717, 1.165) is 5.92 Å². The standard InChI is InChI=1S/C15H27N5O/c1-10(2)21-15-18-13(16-4)17-14(19-15)20(5)12-8-6-7-11(3)9-12/h10-12H,6-9H2,1-5H3,(H,16,17,18,19). The van der Waals surface area contributed by atoms with Crippen LogP contribution in [-0.4, -0.2) is 41.2 Å². The molecule has 0 radical (unpaired) electrons. The normalized spacial score (nSPS) is 22.2. The van der Waals surface area contributed by atoms with E-state index in [4.69, 9.17) is 4.74 Å². The topological polar surface area (TPSA) is 63.2 Å². The summed E-state index contributed by atoms with van der Waals surface area (Å²) in [7, 11) is 3.87. The van der Waals surface area contributed by atoms with Gasteiger partial charge in [-0.3, -0.25) is 0 Å². The van der Waals surface area contributed by atoms with Crippen LogP contribution in [0.4, 0.5) is 11.9 Å². The third kappa shape index (κ3) is 4.19. The average molecular weight is 293 g/mol. The van der Waals surface area contributed by atoms with Crippen LogP contribution in [0, 0.1) is 5.92 Å². The lowest BCUT2D eigenvalue weighted by molar-refractivity contribution is 0.221. The van der Waals surface area contributed by atoms with Gasteiger partial charge in [0.05, 0.1) is 6.10 Å². The van der Waals surface area contributed by atoms with E-state index >= 15 is 0 Å². The molecule has 21 heavy (non-hydrogen) atoms. The molecule has 1 saturated carbocycles. The molecule has 0 aliphatic heterocycles. The summed E-state index contributed by atoms with van der Waals surface area (Å²) in [6, 6.07) is 0.878. The first-order valence-corrected chi connectivity index (χ1v) is 7.83. The summed E-state index contributed by atoms with van der Waals surface area (Å²) in [6.45, 7) is 6.25. The molecule has 1 fully saturated rings. The van der Waals surface area contributed by atoms with E-state index in [1.807, 2.05) is 13.8 Å². The molecule has 0 spiro atoms. The Morgan fingerprint density at radius 1 is 1.24 bits per heavy atom. The Morgan fingerprint density at radius 2 is 2.00 bits per heavy atom. The molecule has 0 saturated heterocycles. The highest BCUT2D eigenvalue weighted by atomic mass is 16.5. The van der Waals surface area contributed by atoms with Crippen molar-refractivity contribution in [2.45, 2.75) is 58.6 Å². The van der Waals surface area contributed by atoms with E-state index < -0.39 is 0 Å². The van der Waals surface area contributed by atoms with Crippen LogP contribution in [0.3, 0.4) is 0 Å². The van der Waals surface area contributed by atoms with Gasteiger partial charge in [-0.15, -0.1) is 0 Å². The van der Waals surface area contributed by atoms with E-state index in [0.29, 0.717) is 23.9 Å². The Labute approximate surface area is 127 Å². The number of rotatable bonds is 5. The maximum absolute atomic E-state index is 5.63. The SMILES string of the molecule is CNc1nc(OC(C)C)nc(N(C)C2CCCC(C)C2)n1. The molecule has 2 rings (SSSR count). The average Bonchev–Trinajstić information content (AvgIpc) is 2.45. The molecule has 1 aromatic heterocycles. The van der Waals surface area contributed by atoms with E-state index in [9.17, 15) is 0 Å². The minimum absolute atomic E-state index is 0.0463. The summed E-state index contributed by atoms with van der Waals surface area (Å²) in [4.78, 5) is 15.4. The van der Waals surface area contributed by atoms with E-state index in [1.165, 1.54) is 25.7 Å². The van der Waals surface area contributed by atoms with Gasteiger partial charge in [0, 0.05) is 20.1 Å². The number of nitrogens with one attached hydrogen (secondary N) is 1. The molecule has 1 N–H and O–H groups in total. The fourth-order valence-corrected chi connectivity index (χ4v) is 2.80.